The number of ether oxygens (including phenoxy) is 1. The van der Waals surface area contributed by atoms with Crippen LogP contribution in [0, 0.1) is 0 Å². The highest BCUT2D eigenvalue weighted by molar-refractivity contribution is 5.66. The van der Waals surface area contributed by atoms with E-state index in [2.05, 4.69) is 6.92 Å². The molecule has 0 aromatic rings. The van der Waals surface area contributed by atoms with Crippen LogP contribution < -0.4 is 0 Å². The number of hydrogen-bond donors (Lipinski definition) is 1. The first-order valence-electron chi connectivity index (χ1n) is 12.5. The molecule has 5 nitrogen and oxygen atoms in total. The predicted octanol–water partition coefficient (Wildman–Crippen LogP) is 6.34. The minimum Gasteiger partial charge on any atom is -0.481 e. The maximum atomic E-state index is 11.4. The van der Waals surface area contributed by atoms with Crippen molar-refractivity contribution in [2.75, 3.05) is 27.2 Å². The van der Waals surface area contributed by atoms with Crippen LogP contribution in [-0.2, 0) is 14.3 Å². The van der Waals surface area contributed by atoms with Gasteiger partial charge in [-0.3, -0.25) is 9.59 Å². The van der Waals surface area contributed by atoms with Crippen LogP contribution in [0.2, 0.25) is 0 Å². The molecule has 0 fully saturated rings. The largest absolute Gasteiger partial charge is 0.481 e. The van der Waals surface area contributed by atoms with E-state index in [-0.39, 0.29) is 18.5 Å². The van der Waals surface area contributed by atoms with Crippen LogP contribution in [0.25, 0.3) is 0 Å². The Morgan fingerprint density at radius 1 is 0.800 bits per heavy atom. The van der Waals surface area contributed by atoms with E-state index in [1.165, 1.54) is 90.4 Å². The van der Waals surface area contributed by atoms with Gasteiger partial charge in [0.1, 0.15) is 6.54 Å². The number of quaternary nitrogens is 1. The summed E-state index contributed by atoms with van der Waals surface area (Å²) in [5.41, 5.74) is 0. The lowest BCUT2D eigenvalue weighted by molar-refractivity contribution is -0.892. The van der Waals surface area contributed by atoms with Gasteiger partial charge in [-0.25, -0.2) is 0 Å². The molecule has 30 heavy (non-hydrogen) atoms. The molecular formula is C25H50NO4+. The van der Waals surface area contributed by atoms with Crippen LogP contribution >= 0.6 is 0 Å². The van der Waals surface area contributed by atoms with E-state index in [0.29, 0.717) is 17.6 Å². The molecule has 0 heterocycles. The van der Waals surface area contributed by atoms with Crippen molar-refractivity contribution in [3.8, 4) is 0 Å². The summed E-state index contributed by atoms with van der Waals surface area (Å²) in [7, 11) is 4.01. The average molecular weight is 429 g/mol. The molecule has 0 bridgehead atoms. The molecule has 1 N–H and O–H groups in total. The summed E-state index contributed by atoms with van der Waals surface area (Å²) >= 11 is 0. The summed E-state index contributed by atoms with van der Waals surface area (Å²) in [6.45, 7) is 4.94. The lowest BCUT2D eigenvalue weighted by Crippen LogP contribution is -2.47. The molecule has 0 rings (SSSR count). The Bertz CT molecular complexity index is 437. The highest BCUT2D eigenvalue weighted by Gasteiger charge is 2.24. The van der Waals surface area contributed by atoms with Crippen molar-refractivity contribution in [3.63, 3.8) is 0 Å². The smallest absolute Gasteiger partial charge is 0.309 e. The summed E-state index contributed by atoms with van der Waals surface area (Å²) in [5, 5.41) is 8.91. The fourth-order valence-electron chi connectivity index (χ4n) is 4.03. The Labute approximate surface area is 186 Å². The van der Waals surface area contributed by atoms with Gasteiger partial charge in [0.25, 0.3) is 0 Å². The summed E-state index contributed by atoms with van der Waals surface area (Å²) in [4.78, 5) is 22.3. The van der Waals surface area contributed by atoms with Crippen molar-refractivity contribution in [2.24, 2.45) is 0 Å². The first kappa shape index (κ1) is 28.9. The monoisotopic (exact) mass is 428 g/mol. The Hall–Kier alpha value is -1.10. The van der Waals surface area contributed by atoms with E-state index < -0.39 is 5.97 Å². The number of esters is 1. The zero-order valence-corrected chi connectivity index (χ0v) is 20.4. The normalized spacial score (nSPS) is 12.7. The van der Waals surface area contributed by atoms with Crippen LogP contribution in [0.5, 0.6) is 0 Å². The van der Waals surface area contributed by atoms with E-state index in [1.54, 1.807) is 0 Å². The van der Waals surface area contributed by atoms with Gasteiger partial charge in [0.05, 0.1) is 27.1 Å². The topological polar surface area (TPSA) is 63.6 Å². The molecular weight excluding hydrogens is 378 g/mol. The average Bonchev–Trinajstić information content (AvgIpc) is 2.66. The Morgan fingerprint density at radius 3 is 1.63 bits per heavy atom. The fourth-order valence-corrected chi connectivity index (χ4v) is 4.03. The lowest BCUT2D eigenvalue weighted by atomic mass is 10.0. The number of likely N-dealkylation sites (N-methyl/N-ethyl adjacent to an activating group) is 1. The third-order valence-electron chi connectivity index (χ3n) is 5.84. The molecule has 5 heteroatoms. The third-order valence-corrected chi connectivity index (χ3v) is 5.84. The molecule has 0 aliphatic heterocycles. The van der Waals surface area contributed by atoms with E-state index in [1.807, 2.05) is 14.1 Å². The van der Waals surface area contributed by atoms with Crippen molar-refractivity contribution in [3.05, 3.63) is 0 Å². The molecule has 0 aromatic carbocycles. The maximum Gasteiger partial charge on any atom is 0.309 e. The van der Waals surface area contributed by atoms with Crippen LogP contribution in [0.4, 0.5) is 0 Å². The molecule has 0 aromatic heterocycles. The van der Waals surface area contributed by atoms with Crippen LogP contribution in [-0.4, -0.2) is 54.8 Å². The number of nitrogens with zero attached hydrogens (tertiary/aromatic N) is 1. The zero-order valence-electron chi connectivity index (χ0n) is 20.4. The standard InChI is InChI=1S/C25H49NO4/c1-5-6-7-8-9-10-11-12-13-14-15-16-17-18-19-24(30-23(2)27)22-26(3,4)21-20-25(28)29/h24H,5-22H2,1-4H3/p+1. The second-order valence-corrected chi connectivity index (χ2v) is 9.60. The number of carbonyl (C=O) groups is 2. The minimum atomic E-state index is -0.780. The zero-order chi connectivity index (χ0) is 22.7. The van der Waals surface area contributed by atoms with Crippen LogP contribution in [0.1, 0.15) is 117 Å². The van der Waals surface area contributed by atoms with E-state index in [9.17, 15) is 9.59 Å². The minimum absolute atomic E-state index is 0.122. The van der Waals surface area contributed by atoms with Gasteiger partial charge in [-0.1, -0.05) is 90.4 Å². The van der Waals surface area contributed by atoms with Crippen molar-refractivity contribution >= 4 is 11.9 Å². The van der Waals surface area contributed by atoms with Crippen molar-refractivity contribution in [1.82, 2.24) is 0 Å². The summed E-state index contributed by atoms with van der Waals surface area (Å²) < 4.78 is 6.06. The molecule has 1 atom stereocenters. The molecule has 0 saturated heterocycles. The van der Waals surface area contributed by atoms with E-state index in [4.69, 9.17) is 9.84 Å². The number of rotatable bonds is 21. The molecule has 0 saturated carbocycles. The molecule has 0 radical (unpaired) electrons. The highest BCUT2D eigenvalue weighted by Crippen LogP contribution is 2.16. The predicted molar refractivity (Wildman–Crippen MR) is 125 cm³/mol. The Balaban J connectivity index is 3.77. The number of carboxylic acid groups (broad SMARTS) is 1. The first-order valence-corrected chi connectivity index (χ1v) is 12.5. The van der Waals surface area contributed by atoms with Gasteiger partial charge in [-0.15, -0.1) is 0 Å². The van der Waals surface area contributed by atoms with Gasteiger partial charge < -0.3 is 14.3 Å². The van der Waals surface area contributed by atoms with Crippen LogP contribution in [0.15, 0.2) is 0 Å². The van der Waals surface area contributed by atoms with Gasteiger partial charge in [-0.05, 0) is 12.8 Å². The molecule has 0 spiro atoms. The third kappa shape index (κ3) is 20.2. The van der Waals surface area contributed by atoms with Gasteiger partial charge in [0.2, 0.25) is 0 Å². The summed E-state index contributed by atoms with van der Waals surface area (Å²) in [5.74, 6) is -1.03. The van der Waals surface area contributed by atoms with Gasteiger partial charge in [0, 0.05) is 6.92 Å². The second kappa shape index (κ2) is 18.7. The van der Waals surface area contributed by atoms with E-state index >= 15 is 0 Å². The summed E-state index contributed by atoms with van der Waals surface area (Å²) in [6, 6.07) is 0. The maximum absolute atomic E-state index is 11.4. The second-order valence-electron chi connectivity index (χ2n) is 9.60. The molecule has 0 aliphatic carbocycles. The molecule has 0 aliphatic rings. The quantitative estimate of drug-likeness (QED) is 0.132. The number of carboxylic acids is 1. The van der Waals surface area contributed by atoms with Gasteiger partial charge >= 0.3 is 11.9 Å². The number of hydrogen-bond acceptors (Lipinski definition) is 3. The van der Waals surface area contributed by atoms with Gasteiger partial charge in [0.15, 0.2) is 6.10 Å². The van der Waals surface area contributed by atoms with Crippen molar-refractivity contribution in [1.29, 1.82) is 0 Å². The van der Waals surface area contributed by atoms with Gasteiger partial charge in [-0.2, -0.15) is 0 Å². The van der Waals surface area contributed by atoms with Crippen molar-refractivity contribution in [2.45, 2.75) is 123 Å². The number of carbonyl (C=O) groups excluding carboxylic acids is 1. The summed E-state index contributed by atoms with van der Waals surface area (Å²) in [6.07, 6.45) is 19.5. The molecule has 0 amide bonds. The van der Waals surface area contributed by atoms with E-state index in [0.717, 1.165) is 12.8 Å². The SMILES string of the molecule is CCCCCCCCCCCCCCCCC(C[N+](C)(C)CCC(=O)O)OC(C)=O. The Morgan fingerprint density at radius 2 is 1.23 bits per heavy atom. The van der Waals surface area contributed by atoms with Crippen LogP contribution in [0.3, 0.4) is 0 Å². The molecule has 178 valence electrons. The first-order chi connectivity index (χ1) is 14.3. The highest BCUT2D eigenvalue weighted by atomic mass is 16.5. The van der Waals surface area contributed by atoms with Crippen molar-refractivity contribution < 1.29 is 23.9 Å². The lowest BCUT2D eigenvalue weighted by Gasteiger charge is -2.32. The fraction of sp³-hybridized carbons (Fsp3) is 0.920. The number of unbranched alkanes of at least 4 members (excludes halogenated alkanes) is 13. The molecule has 1 unspecified atom stereocenters. The Kier molecular flexibility index (Phi) is 18.0. The number of aliphatic carboxylic acids is 1.